The molecule has 0 N–H and O–H groups in total. The van der Waals surface area contributed by atoms with Gasteiger partial charge in [-0.05, 0) is 6.92 Å². The molecule has 0 radical (unpaired) electrons. The Morgan fingerprint density at radius 2 is 1.23 bits per heavy atom. The molecule has 0 aliphatic heterocycles. The Labute approximate surface area is 183 Å². The van der Waals surface area contributed by atoms with Gasteiger partial charge in [-0.3, -0.25) is 0 Å². The molecule has 1 rings (SSSR count). The van der Waals surface area contributed by atoms with Gasteiger partial charge in [-0.2, -0.15) is 0 Å². The summed E-state index contributed by atoms with van der Waals surface area (Å²) in [4.78, 5) is 11.0. The Morgan fingerprint density at radius 1 is 0.710 bits per heavy atom. The van der Waals surface area contributed by atoms with Crippen molar-refractivity contribution in [1.29, 1.82) is 0 Å². The SMILES string of the molecule is COCOc1c(C)c(/C=C/C=C/C=C/C=C/C(=O)OC)c(OCOC)c(OC)c1OC. The molecule has 1 aromatic rings. The zero-order chi connectivity index (χ0) is 23.1. The van der Waals surface area contributed by atoms with Crippen molar-refractivity contribution in [3.63, 3.8) is 0 Å². The first-order chi connectivity index (χ1) is 15.0. The lowest BCUT2D eigenvalue weighted by Crippen LogP contribution is -2.08. The zero-order valence-electron chi connectivity index (χ0n) is 18.8. The van der Waals surface area contributed by atoms with Crippen LogP contribution >= 0.6 is 0 Å². The second kappa shape index (κ2) is 14.7. The number of hydrogen-bond donors (Lipinski definition) is 0. The van der Waals surface area contributed by atoms with Crippen molar-refractivity contribution in [3.05, 3.63) is 53.7 Å². The van der Waals surface area contributed by atoms with Gasteiger partial charge in [0.1, 0.15) is 0 Å². The summed E-state index contributed by atoms with van der Waals surface area (Å²) < 4.78 is 37.2. The topological polar surface area (TPSA) is 81.7 Å². The number of carbonyl (C=O) groups excluding carboxylic acids is 1. The van der Waals surface area contributed by atoms with Crippen LogP contribution in [0.25, 0.3) is 6.08 Å². The normalized spacial score (nSPS) is 11.7. The van der Waals surface area contributed by atoms with Crippen LogP contribution in [0.4, 0.5) is 0 Å². The smallest absolute Gasteiger partial charge is 0.330 e. The van der Waals surface area contributed by atoms with Crippen LogP contribution in [0.2, 0.25) is 0 Å². The van der Waals surface area contributed by atoms with Crippen molar-refractivity contribution in [2.24, 2.45) is 0 Å². The minimum atomic E-state index is -0.410. The highest BCUT2D eigenvalue weighted by molar-refractivity contribution is 5.82. The molecule has 31 heavy (non-hydrogen) atoms. The number of benzene rings is 1. The second-order valence-corrected chi connectivity index (χ2v) is 5.88. The molecule has 170 valence electrons. The van der Waals surface area contributed by atoms with E-state index in [0.29, 0.717) is 23.0 Å². The maximum Gasteiger partial charge on any atom is 0.330 e. The highest BCUT2D eigenvalue weighted by atomic mass is 16.7. The van der Waals surface area contributed by atoms with E-state index in [1.807, 2.05) is 31.2 Å². The zero-order valence-corrected chi connectivity index (χ0v) is 18.8. The fourth-order valence-electron chi connectivity index (χ4n) is 2.53. The first-order valence-electron chi connectivity index (χ1n) is 9.33. The number of ether oxygens (including phenoxy) is 7. The molecule has 0 atom stereocenters. The Kier molecular flexibility index (Phi) is 12.2. The molecule has 8 nitrogen and oxygen atoms in total. The van der Waals surface area contributed by atoms with Gasteiger partial charge in [0.15, 0.2) is 25.1 Å². The molecule has 0 aliphatic rings. The fourth-order valence-corrected chi connectivity index (χ4v) is 2.53. The third-order valence-corrected chi connectivity index (χ3v) is 3.91. The average molecular weight is 434 g/mol. The minimum absolute atomic E-state index is 0.0309. The number of hydrogen-bond acceptors (Lipinski definition) is 8. The Bertz CT molecular complexity index is 822. The molecule has 0 fully saturated rings. The molecule has 0 saturated heterocycles. The highest BCUT2D eigenvalue weighted by Crippen LogP contribution is 2.50. The van der Waals surface area contributed by atoms with E-state index in [1.165, 1.54) is 41.6 Å². The van der Waals surface area contributed by atoms with Crippen LogP contribution < -0.4 is 18.9 Å². The van der Waals surface area contributed by atoms with Crippen LogP contribution in [0.3, 0.4) is 0 Å². The molecular weight excluding hydrogens is 404 g/mol. The maximum atomic E-state index is 11.0. The molecular formula is C23H30O8. The summed E-state index contributed by atoms with van der Waals surface area (Å²) in [6.45, 7) is 1.96. The fraction of sp³-hybridized carbons (Fsp3) is 0.348. The largest absolute Gasteiger partial charge is 0.490 e. The molecule has 0 unspecified atom stereocenters. The lowest BCUT2D eigenvalue weighted by Gasteiger charge is -2.21. The van der Waals surface area contributed by atoms with Crippen LogP contribution in [0.15, 0.2) is 42.5 Å². The summed E-state index contributed by atoms with van der Waals surface area (Å²) in [6.07, 6.45) is 13.7. The van der Waals surface area contributed by atoms with E-state index in [9.17, 15) is 4.79 Å². The second-order valence-electron chi connectivity index (χ2n) is 5.88. The Morgan fingerprint density at radius 3 is 1.77 bits per heavy atom. The van der Waals surface area contributed by atoms with E-state index in [1.54, 1.807) is 18.2 Å². The molecule has 0 amide bonds. The highest BCUT2D eigenvalue weighted by Gasteiger charge is 2.25. The monoisotopic (exact) mass is 434 g/mol. The predicted octanol–water partition coefficient (Wildman–Crippen LogP) is 3.83. The molecule has 1 aromatic carbocycles. The standard InChI is InChI=1S/C23H30O8/c1-17-18(13-11-9-7-8-10-12-14-19(24)27-4)21(31-16-26-3)23(29-6)22(28-5)20(17)30-15-25-2/h7-14H,15-16H2,1-6H3/b9-7+,10-8+,13-11+,14-12+. The third-order valence-electron chi connectivity index (χ3n) is 3.91. The maximum absolute atomic E-state index is 11.0. The van der Waals surface area contributed by atoms with E-state index in [0.717, 1.165) is 11.1 Å². The quantitative estimate of drug-likeness (QED) is 0.201. The van der Waals surface area contributed by atoms with Gasteiger partial charge in [0.2, 0.25) is 11.5 Å². The van der Waals surface area contributed by atoms with Crippen molar-refractivity contribution in [3.8, 4) is 23.0 Å². The van der Waals surface area contributed by atoms with Crippen LogP contribution in [-0.4, -0.2) is 55.1 Å². The molecule has 0 saturated carbocycles. The lowest BCUT2D eigenvalue weighted by molar-refractivity contribution is -0.134. The van der Waals surface area contributed by atoms with Crippen LogP contribution in [-0.2, 0) is 19.0 Å². The van der Waals surface area contributed by atoms with Crippen LogP contribution in [0, 0.1) is 6.92 Å². The molecule has 8 heteroatoms. The molecule has 0 aliphatic carbocycles. The van der Waals surface area contributed by atoms with Gasteiger partial charge in [-0.1, -0.05) is 42.5 Å². The van der Waals surface area contributed by atoms with Crippen molar-refractivity contribution < 1.29 is 38.0 Å². The molecule has 0 spiro atoms. The number of allylic oxidation sites excluding steroid dienone is 6. The molecule has 0 heterocycles. The van der Waals surface area contributed by atoms with E-state index in [2.05, 4.69) is 4.74 Å². The summed E-state index contributed by atoms with van der Waals surface area (Å²) >= 11 is 0. The summed E-state index contributed by atoms with van der Waals surface area (Å²) in [7, 11) is 7.44. The molecule has 0 bridgehead atoms. The van der Waals surface area contributed by atoms with E-state index in [4.69, 9.17) is 28.4 Å². The molecule has 0 aromatic heterocycles. The van der Waals surface area contributed by atoms with Gasteiger partial charge in [-0.25, -0.2) is 4.79 Å². The number of carbonyl (C=O) groups is 1. The average Bonchev–Trinajstić information content (AvgIpc) is 2.78. The first-order valence-corrected chi connectivity index (χ1v) is 9.33. The minimum Gasteiger partial charge on any atom is -0.490 e. The summed E-state index contributed by atoms with van der Waals surface area (Å²) in [5.41, 5.74) is 1.52. The predicted molar refractivity (Wildman–Crippen MR) is 118 cm³/mol. The van der Waals surface area contributed by atoms with E-state index in [-0.39, 0.29) is 13.6 Å². The van der Waals surface area contributed by atoms with E-state index >= 15 is 0 Å². The van der Waals surface area contributed by atoms with Gasteiger partial charge < -0.3 is 33.2 Å². The summed E-state index contributed by atoms with van der Waals surface area (Å²) in [6, 6.07) is 0. The number of esters is 1. The number of methoxy groups -OCH3 is 5. The van der Waals surface area contributed by atoms with Crippen molar-refractivity contribution in [2.75, 3.05) is 49.1 Å². The summed E-state index contributed by atoms with van der Waals surface area (Å²) in [5, 5.41) is 0. The van der Waals surface area contributed by atoms with E-state index < -0.39 is 5.97 Å². The van der Waals surface area contributed by atoms with Gasteiger partial charge in [0.25, 0.3) is 0 Å². The van der Waals surface area contributed by atoms with Gasteiger partial charge >= 0.3 is 5.97 Å². The van der Waals surface area contributed by atoms with Gasteiger partial charge in [0.05, 0.1) is 21.3 Å². The van der Waals surface area contributed by atoms with Crippen molar-refractivity contribution >= 4 is 12.0 Å². The van der Waals surface area contributed by atoms with Crippen molar-refractivity contribution in [2.45, 2.75) is 6.92 Å². The Balaban J connectivity index is 3.27. The summed E-state index contributed by atoms with van der Waals surface area (Å²) in [5.74, 6) is 1.32. The number of rotatable bonds is 13. The van der Waals surface area contributed by atoms with Crippen LogP contribution in [0.1, 0.15) is 11.1 Å². The third kappa shape index (κ3) is 7.84. The first kappa shape index (κ1) is 25.8. The lowest BCUT2D eigenvalue weighted by atomic mass is 10.0. The van der Waals surface area contributed by atoms with Crippen LogP contribution in [0.5, 0.6) is 23.0 Å². The van der Waals surface area contributed by atoms with Crippen molar-refractivity contribution in [1.82, 2.24) is 0 Å². The Hall–Kier alpha value is -3.23. The van der Waals surface area contributed by atoms with Gasteiger partial charge in [0, 0.05) is 31.4 Å². The van der Waals surface area contributed by atoms with Gasteiger partial charge in [-0.15, -0.1) is 0 Å².